The standard InChI is InChI=1S/C17H16F3N5S/c1-3-11-9-22-16(26-11)10(2)23-14-8-13(17(18,19)20)24-15(25-14)12-6-4-5-7-21-12/h4-10H,3H2,1-2H3,(H,23,24,25). The summed E-state index contributed by atoms with van der Waals surface area (Å²) >= 11 is 1.52. The minimum Gasteiger partial charge on any atom is -0.361 e. The number of anilines is 1. The van der Waals surface area contributed by atoms with Crippen molar-refractivity contribution in [2.75, 3.05) is 5.32 Å². The largest absolute Gasteiger partial charge is 0.433 e. The first-order chi connectivity index (χ1) is 12.4. The van der Waals surface area contributed by atoms with Crippen molar-refractivity contribution < 1.29 is 13.2 Å². The lowest BCUT2D eigenvalue weighted by molar-refractivity contribution is -0.141. The van der Waals surface area contributed by atoms with E-state index < -0.39 is 11.9 Å². The lowest BCUT2D eigenvalue weighted by Crippen LogP contribution is -2.14. The molecule has 0 radical (unpaired) electrons. The number of nitrogens with one attached hydrogen (secondary N) is 1. The number of hydrogen-bond donors (Lipinski definition) is 1. The Bertz CT molecular complexity index is 880. The van der Waals surface area contributed by atoms with E-state index in [0.29, 0.717) is 0 Å². The average Bonchev–Trinajstić information content (AvgIpc) is 3.11. The van der Waals surface area contributed by atoms with E-state index in [1.807, 2.05) is 13.8 Å². The molecule has 1 atom stereocenters. The second-order valence-electron chi connectivity index (χ2n) is 5.56. The maximum atomic E-state index is 13.2. The molecule has 1 N–H and O–H groups in total. The molecule has 5 nitrogen and oxygen atoms in total. The number of aromatic nitrogens is 4. The van der Waals surface area contributed by atoms with E-state index in [-0.39, 0.29) is 23.4 Å². The Morgan fingerprint density at radius 3 is 2.62 bits per heavy atom. The van der Waals surface area contributed by atoms with Gasteiger partial charge in [0.05, 0.1) is 6.04 Å². The summed E-state index contributed by atoms with van der Waals surface area (Å²) in [7, 11) is 0. The van der Waals surface area contributed by atoms with Crippen LogP contribution >= 0.6 is 11.3 Å². The summed E-state index contributed by atoms with van der Waals surface area (Å²) in [5.74, 6) is -0.00256. The Kier molecular flexibility index (Phi) is 5.17. The minimum atomic E-state index is -4.58. The molecule has 0 aliphatic rings. The molecule has 3 heterocycles. The molecular weight excluding hydrogens is 363 g/mol. The number of thiazole rings is 1. The SMILES string of the molecule is CCc1cnc(C(C)Nc2cc(C(F)(F)F)nc(-c3ccccn3)n2)s1. The molecule has 0 aliphatic heterocycles. The molecule has 3 rings (SSSR count). The van der Waals surface area contributed by atoms with Gasteiger partial charge in [-0.05, 0) is 25.5 Å². The Morgan fingerprint density at radius 1 is 1.19 bits per heavy atom. The molecule has 0 fully saturated rings. The van der Waals surface area contributed by atoms with Gasteiger partial charge in [0, 0.05) is 23.3 Å². The minimum absolute atomic E-state index is 0.0775. The van der Waals surface area contributed by atoms with Gasteiger partial charge in [-0.25, -0.2) is 15.0 Å². The van der Waals surface area contributed by atoms with Gasteiger partial charge in [0.15, 0.2) is 11.5 Å². The van der Waals surface area contributed by atoms with Gasteiger partial charge in [-0.3, -0.25) is 4.98 Å². The summed E-state index contributed by atoms with van der Waals surface area (Å²) in [6.45, 7) is 3.85. The first-order valence-corrected chi connectivity index (χ1v) is 8.77. The van der Waals surface area contributed by atoms with E-state index in [9.17, 15) is 13.2 Å². The molecule has 26 heavy (non-hydrogen) atoms. The van der Waals surface area contributed by atoms with Crippen LogP contribution in [0.1, 0.15) is 35.5 Å². The Labute approximate surface area is 152 Å². The van der Waals surface area contributed by atoms with Gasteiger partial charge in [0.1, 0.15) is 16.5 Å². The van der Waals surface area contributed by atoms with Crippen LogP contribution in [0.15, 0.2) is 36.7 Å². The van der Waals surface area contributed by atoms with E-state index in [1.54, 1.807) is 24.4 Å². The number of aryl methyl sites for hydroxylation is 1. The van der Waals surface area contributed by atoms with Crippen molar-refractivity contribution in [3.63, 3.8) is 0 Å². The third-order valence-corrected chi connectivity index (χ3v) is 4.89. The van der Waals surface area contributed by atoms with Crippen molar-refractivity contribution in [1.29, 1.82) is 0 Å². The van der Waals surface area contributed by atoms with Gasteiger partial charge in [-0.1, -0.05) is 13.0 Å². The molecule has 3 aromatic heterocycles. The summed E-state index contributed by atoms with van der Waals surface area (Å²) < 4.78 is 39.7. The molecule has 0 saturated carbocycles. The molecule has 0 spiro atoms. The fraction of sp³-hybridized carbons (Fsp3) is 0.294. The van der Waals surface area contributed by atoms with Gasteiger partial charge >= 0.3 is 6.18 Å². The van der Waals surface area contributed by atoms with Crippen LogP contribution in [0.2, 0.25) is 0 Å². The van der Waals surface area contributed by atoms with Crippen molar-refractivity contribution in [3.05, 3.63) is 52.2 Å². The topological polar surface area (TPSA) is 63.6 Å². The van der Waals surface area contributed by atoms with E-state index in [1.165, 1.54) is 17.5 Å². The highest BCUT2D eigenvalue weighted by Gasteiger charge is 2.34. The van der Waals surface area contributed by atoms with Gasteiger partial charge in [-0.15, -0.1) is 11.3 Å². The van der Waals surface area contributed by atoms with Crippen molar-refractivity contribution >= 4 is 17.2 Å². The van der Waals surface area contributed by atoms with E-state index in [0.717, 1.165) is 22.4 Å². The maximum absolute atomic E-state index is 13.2. The fourth-order valence-electron chi connectivity index (χ4n) is 2.25. The van der Waals surface area contributed by atoms with E-state index in [2.05, 4.69) is 25.3 Å². The third-order valence-electron chi connectivity index (χ3n) is 3.57. The molecule has 0 amide bonds. The second kappa shape index (κ2) is 7.36. The first-order valence-electron chi connectivity index (χ1n) is 7.95. The molecule has 0 bridgehead atoms. The molecular formula is C17H16F3N5S. The van der Waals surface area contributed by atoms with Crippen LogP contribution in [-0.4, -0.2) is 19.9 Å². The van der Waals surface area contributed by atoms with Crippen molar-refractivity contribution in [2.24, 2.45) is 0 Å². The van der Waals surface area contributed by atoms with Crippen LogP contribution in [0.5, 0.6) is 0 Å². The summed E-state index contributed by atoms with van der Waals surface area (Å²) in [6.07, 6.45) is -0.461. The van der Waals surface area contributed by atoms with Crippen molar-refractivity contribution in [1.82, 2.24) is 19.9 Å². The monoisotopic (exact) mass is 379 g/mol. The lowest BCUT2D eigenvalue weighted by atomic mass is 10.3. The molecule has 136 valence electrons. The normalized spacial score (nSPS) is 12.8. The zero-order valence-corrected chi connectivity index (χ0v) is 14.9. The van der Waals surface area contributed by atoms with E-state index >= 15 is 0 Å². The molecule has 3 aromatic rings. The number of halogens is 3. The Hall–Kier alpha value is -2.55. The van der Waals surface area contributed by atoms with Gasteiger partial charge in [-0.2, -0.15) is 13.2 Å². The maximum Gasteiger partial charge on any atom is 0.433 e. The summed E-state index contributed by atoms with van der Waals surface area (Å²) in [5, 5.41) is 3.77. The second-order valence-corrected chi connectivity index (χ2v) is 6.71. The van der Waals surface area contributed by atoms with Crippen LogP contribution in [0, 0.1) is 0 Å². The van der Waals surface area contributed by atoms with E-state index in [4.69, 9.17) is 0 Å². The van der Waals surface area contributed by atoms with Crippen LogP contribution in [-0.2, 0) is 12.6 Å². The summed E-state index contributed by atoms with van der Waals surface area (Å²) in [6, 6.07) is 5.53. The smallest absolute Gasteiger partial charge is 0.361 e. The molecule has 0 saturated heterocycles. The molecule has 9 heteroatoms. The third kappa shape index (κ3) is 4.16. The Balaban J connectivity index is 1.95. The van der Waals surface area contributed by atoms with Crippen LogP contribution < -0.4 is 5.32 Å². The first kappa shape index (κ1) is 18.2. The van der Waals surface area contributed by atoms with Gasteiger partial charge < -0.3 is 5.32 Å². The number of rotatable bonds is 5. The number of nitrogens with zero attached hydrogens (tertiary/aromatic N) is 4. The highest BCUT2D eigenvalue weighted by atomic mass is 32.1. The lowest BCUT2D eigenvalue weighted by Gasteiger charge is -2.15. The zero-order valence-electron chi connectivity index (χ0n) is 14.1. The fourth-order valence-corrected chi connectivity index (χ4v) is 3.11. The van der Waals surface area contributed by atoms with Crippen molar-refractivity contribution in [3.8, 4) is 11.5 Å². The van der Waals surface area contributed by atoms with Crippen LogP contribution in [0.25, 0.3) is 11.5 Å². The predicted molar refractivity (Wildman–Crippen MR) is 93.8 cm³/mol. The number of pyridine rings is 1. The average molecular weight is 379 g/mol. The highest BCUT2D eigenvalue weighted by molar-refractivity contribution is 7.11. The quantitative estimate of drug-likeness (QED) is 0.693. The highest BCUT2D eigenvalue weighted by Crippen LogP contribution is 2.31. The van der Waals surface area contributed by atoms with Gasteiger partial charge in [0.25, 0.3) is 0 Å². The molecule has 0 aliphatic carbocycles. The number of alkyl halides is 3. The molecule has 0 aromatic carbocycles. The van der Waals surface area contributed by atoms with Crippen molar-refractivity contribution in [2.45, 2.75) is 32.5 Å². The Morgan fingerprint density at radius 2 is 2.00 bits per heavy atom. The summed E-state index contributed by atoms with van der Waals surface area (Å²) in [5.41, 5.74) is -0.743. The van der Waals surface area contributed by atoms with Crippen LogP contribution in [0.4, 0.5) is 19.0 Å². The van der Waals surface area contributed by atoms with Gasteiger partial charge in [0.2, 0.25) is 0 Å². The molecule has 1 unspecified atom stereocenters. The number of hydrogen-bond acceptors (Lipinski definition) is 6. The summed E-state index contributed by atoms with van der Waals surface area (Å²) in [4.78, 5) is 17.3. The predicted octanol–water partition coefficient (Wildman–Crippen LogP) is 4.75. The van der Waals surface area contributed by atoms with Crippen LogP contribution in [0.3, 0.4) is 0 Å². The zero-order chi connectivity index (χ0) is 18.7.